The topological polar surface area (TPSA) is 54.5 Å². The molecule has 1 aliphatic rings. The molecule has 2 heterocycles. The first kappa shape index (κ1) is 19.8. The van der Waals surface area contributed by atoms with Crippen molar-refractivity contribution in [2.75, 3.05) is 19.6 Å². The maximum absolute atomic E-state index is 13.1. The number of hydrogen-bond donors (Lipinski definition) is 1. The summed E-state index contributed by atoms with van der Waals surface area (Å²) in [6.45, 7) is 8.89. The van der Waals surface area contributed by atoms with E-state index in [-0.39, 0.29) is 12.0 Å². The number of thiazole rings is 1. The number of benzene rings is 1. The van der Waals surface area contributed by atoms with Crippen LogP contribution in [0.2, 0.25) is 0 Å². The highest BCUT2D eigenvalue weighted by molar-refractivity contribution is 7.13. The molecule has 3 rings (SSSR count). The Morgan fingerprint density at radius 3 is 2.63 bits per heavy atom. The molecule has 0 radical (unpaired) electrons. The molecule has 0 atom stereocenters. The Bertz CT molecular complexity index is 736. The zero-order valence-corrected chi connectivity index (χ0v) is 17.2. The maximum Gasteiger partial charge on any atom is 0.273 e. The summed E-state index contributed by atoms with van der Waals surface area (Å²) in [5.74, 6) is 0.910. The molecule has 0 saturated carbocycles. The monoisotopic (exact) mass is 387 g/mol. The lowest BCUT2D eigenvalue weighted by molar-refractivity contribution is 0.0637. The number of hydrogen-bond acceptors (Lipinski definition) is 5. The average molecular weight is 388 g/mol. The molecule has 1 aliphatic heterocycles. The normalized spacial score (nSPS) is 15.1. The molecule has 1 N–H and O–H groups in total. The fourth-order valence-corrected chi connectivity index (χ4v) is 4.21. The van der Waals surface area contributed by atoms with Gasteiger partial charge in [0.25, 0.3) is 5.91 Å². The van der Waals surface area contributed by atoms with E-state index < -0.39 is 0 Å². The second-order valence-electron chi connectivity index (χ2n) is 7.21. The number of rotatable bonds is 7. The molecular weight excluding hydrogens is 358 g/mol. The summed E-state index contributed by atoms with van der Waals surface area (Å²) < 4.78 is 5.69. The second-order valence-corrected chi connectivity index (χ2v) is 8.07. The molecule has 5 nitrogen and oxygen atoms in total. The van der Waals surface area contributed by atoms with Crippen molar-refractivity contribution in [2.45, 2.75) is 52.2 Å². The maximum atomic E-state index is 13.1. The van der Waals surface area contributed by atoms with E-state index in [0.717, 1.165) is 55.2 Å². The molecule has 0 spiro atoms. The summed E-state index contributed by atoms with van der Waals surface area (Å²) in [5, 5.41) is 6.13. The van der Waals surface area contributed by atoms with Crippen LogP contribution in [0.15, 0.2) is 29.6 Å². The van der Waals surface area contributed by atoms with E-state index in [4.69, 9.17) is 4.74 Å². The number of nitrogens with one attached hydrogen (secondary N) is 1. The van der Waals surface area contributed by atoms with Crippen molar-refractivity contribution in [1.29, 1.82) is 0 Å². The zero-order chi connectivity index (χ0) is 19.2. The molecule has 146 valence electrons. The van der Waals surface area contributed by atoms with Crippen molar-refractivity contribution in [3.05, 3.63) is 35.3 Å². The average Bonchev–Trinajstić information content (AvgIpc) is 3.16. The summed E-state index contributed by atoms with van der Waals surface area (Å²) >= 11 is 1.52. The summed E-state index contributed by atoms with van der Waals surface area (Å²) in [7, 11) is 0. The van der Waals surface area contributed by atoms with Crippen LogP contribution in [0.4, 0.5) is 0 Å². The van der Waals surface area contributed by atoms with Gasteiger partial charge in [-0.25, -0.2) is 4.98 Å². The van der Waals surface area contributed by atoms with E-state index in [2.05, 4.69) is 17.2 Å². The van der Waals surface area contributed by atoms with Crippen molar-refractivity contribution >= 4 is 17.2 Å². The highest BCUT2D eigenvalue weighted by Gasteiger charge is 2.27. The fraction of sp³-hybridized carbons (Fsp3) is 0.524. The van der Waals surface area contributed by atoms with Crippen LogP contribution in [0.3, 0.4) is 0 Å². The van der Waals surface area contributed by atoms with E-state index >= 15 is 0 Å². The Labute approximate surface area is 165 Å². The van der Waals surface area contributed by atoms with Crippen LogP contribution in [0, 0.1) is 0 Å². The van der Waals surface area contributed by atoms with E-state index in [9.17, 15) is 4.79 Å². The third-order valence-corrected chi connectivity index (χ3v) is 5.56. The number of carbonyl (C=O) groups excluding carboxylic acids is 1. The van der Waals surface area contributed by atoms with Gasteiger partial charge in [-0.1, -0.05) is 6.92 Å². The van der Waals surface area contributed by atoms with Crippen LogP contribution >= 0.6 is 11.3 Å². The third kappa shape index (κ3) is 5.08. The molecule has 27 heavy (non-hydrogen) atoms. The molecule has 0 unspecified atom stereocenters. The van der Waals surface area contributed by atoms with Gasteiger partial charge in [0.1, 0.15) is 16.5 Å². The molecule has 1 saturated heterocycles. The summed E-state index contributed by atoms with van der Waals surface area (Å²) in [6.07, 6.45) is 3.14. The summed E-state index contributed by atoms with van der Waals surface area (Å²) in [5.41, 5.74) is 1.57. The van der Waals surface area contributed by atoms with Gasteiger partial charge in [-0.05, 0) is 70.5 Å². The SMILES string of the molecule is CCCN(C(=O)c1csc(-c2ccc(OC(C)C)cc2)n1)C1CCNCC1. The molecule has 1 fully saturated rings. The van der Waals surface area contributed by atoms with Crippen molar-refractivity contribution in [3.63, 3.8) is 0 Å². The number of ether oxygens (including phenoxy) is 1. The van der Waals surface area contributed by atoms with Crippen molar-refractivity contribution in [3.8, 4) is 16.3 Å². The molecule has 1 aromatic heterocycles. The molecule has 0 bridgehead atoms. The van der Waals surface area contributed by atoms with Gasteiger partial charge < -0.3 is 15.0 Å². The molecule has 0 aliphatic carbocycles. The number of amides is 1. The predicted octanol–water partition coefficient (Wildman–Crippen LogP) is 4.20. The van der Waals surface area contributed by atoms with Gasteiger partial charge >= 0.3 is 0 Å². The number of nitrogens with zero attached hydrogens (tertiary/aromatic N) is 2. The van der Waals surface area contributed by atoms with Gasteiger partial charge in [0.2, 0.25) is 0 Å². The second kappa shape index (κ2) is 9.33. The Balaban J connectivity index is 1.74. The van der Waals surface area contributed by atoms with Gasteiger partial charge in [0.05, 0.1) is 6.10 Å². The zero-order valence-electron chi connectivity index (χ0n) is 16.4. The number of carbonyl (C=O) groups is 1. The van der Waals surface area contributed by atoms with Crippen molar-refractivity contribution in [2.24, 2.45) is 0 Å². The first-order valence-corrected chi connectivity index (χ1v) is 10.7. The van der Waals surface area contributed by atoms with Gasteiger partial charge in [-0.15, -0.1) is 11.3 Å². The summed E-state index contributed by atoms with van der Waals surface area (Å²) in [4.78, 5) is 19.8. The lowest BCUT2D eigenvalue weighted by Gasteiger charge is -2.34. The van der Waals surface area contributed by atoms with Crippen LogP contribution in [-0.4, -0.2) is 47.6 Å². The largest absolute Gasteiger partial charge is 0.491 e. The van der Waals surface area contributed by atoms with Crippen molar-refractivity contribution < 1.29 is 9.53 Å². The van der Waals surface area contributed by atoms with Crippen LogP contribution in [0.25, 0.3) is 10.6 Å². The Morgan fingerprint density at radius 1 is 1.30 bits per heavy atom. The molecule has 1 aromatic carbocycles. The lowest BCUT2D eigenvalue weighted by atomic mass is 10.0. The molecule has 1 amide bonds. The van der Waals surface area contributed by atoms with E-state index in [1.807, 2.05) is 48.4 Å². The number of aromatic nitrogens is 1. The van der Waals surface area contributed by atoms with Gasteiger partial charge in [0.15, 0.2) is 0 Å². The third-order valence-electron chi connectivity index (χ3n) is 4.67. The number of piperidine rings is 1. The summed E-state index contributed by atoms with van der Waals surface area (Å²) in [6, 6.07) is 8.23. The Hall–Kier alpha value is -1.92. The predicted molar refractivity (Wildman–Crippen MR) is 111 cm³/mol. The first-order valence-electron chi connectivity index (χ1n) is 9.82. The Kier molecular flexibility index (Phi) is 6.85. The smallest absolute Gasteiger partial charge is 0.273 e. The van der Waals surface area contributed by atoms with Crippen LogP contribution < -0.4 is 10.1 Å². The minimum Gasteiger partial charge on any atom is -0.491 e. The molecule has 2 aromatic rings. The quantitative estimate of drug-likeness (QED) is 0.773. The highest BCUT2D eigenvalue weighted by atomic mass is 32.1. The van der Waals surface area contributed by atoms with Crippen LogP contribution in [0.5, 0.6) is 5.75 Å². The lowest BCUT2D eigenvalue weighted by Crippen LogP contribution is -2.46. The standard InChI is InChI=1S/C21H29N3O2S/c1-4-13-24(17-9-11-22-12-10-17)21(25)19-14-27-20(23-19)16-5-7-18(8-6-16)26-15(2)3/h5-8,14-15,17,22H,4,9-13H2,1-3H3. The van der Waals surface area contributed by atoms with Gasteiger partial charge in [0, 0.05) is 23.5 Å². The molecule has 6 heteroatoms. The minimum absolute atomic E-state index is 0.0611. The minimum atomic E-state index is 0.0611. The molecular formula is C21H29N3O2S. The van der Waals surface area contributed by atoms with Gasteiger partial charge in [-0.3, -0.25) is 4.79 Å². The highest BCUT2D eigenvalue weighted by Crippen LogP contribution is 2.27. The van der Waals surface area contributed by atoms with E-state index in [0.29, 0.717) is 11.7 Å². The van der Waals surface area contributed by atoms with E-state index in [1.54, 1.807) is 0 Å². The van der Waals surface area contributed by atoms with E-state index in [1.165, 1.54) is 11.3 Å². The Morgan fingerprint density at radius 2 is 2.00 bits per heavy atom. The van der Waals surface area contributed by atoms with Crippen molar-refractivity contribution in [1.82, 2.24) is 15.2 Å². The first-order chi connectivity index (χ1) is 13.1. The van der Waals surface area contributed by atoms with Gasteiger partial charge in [-0.2, -0.15) is 0 Å². The fourth-order valence-electron chi connectivity index (χ4n) is 3.41. The van der Waals surface area contributed by atoms with Crippen LogP contribution in [-0.2, 0) is 0 Å². The van der Waals surface area contributed by atoms with Crippen LogP contribution in [0.1, 0.15) is 50.5 Å².